The Labute approximate surface area is 191 Å². The smallest absolute Gasteiger partial charge is 0.344 e. The number of aryl methyl sites for hydroxylation is 1. The zero-order valence-electron chi connectivity index (χ0n) is 19.3. The average molecular weight is 453 g/mol. The van der Waals surface area contributed by atoms with Crippen LogP contribution in [0.3, 0.4) is 0 Å². The maximum absolute atomic E-state index is 12.3. The fourth-order valence-electron chi connectivity index (χ4n) is 3.18. The first-order valence-corrected chi connectivity index (χ1v) is 10.4. The van der Waals surface area contributed by atoms with Gasteiger partial charge >= 0.3 is 11.6 Å². The van der Waals surface area contributed by atoms with Gasteiger partial charge in [-0.05, 0) is 47.7 Å². The Morgan fingerprint density at radius 1 is 1.03 bits per heavy atom. The van der Waals surface area contributed by atoms with Gasteiger partial charge in [-0.25, -0.2) is 9.59 Å². The first kappa shape index (κ1) is 23.8. The standard InChI is InChI=1S/C25H27NO7/c1-15-10-23(28)33-21-12-17(7-8-18(15)21)31-14-24(29)32-13-22(27)26-19-11-16(25(2,3)4)6-9-20(19)30-5/h6-12H,13-14H2,1-5H3,(H,26,27). The summed E-state index contributed by atoms with van der Waals surface area (Å²) in [5.41, 5.74) is 2.08. The molecule has 3 aromatic rings. The quantitative estimate of drug-likeness (QED) is 0.426. The average Bonchev–Trinajstić information content (AvgIpc) is 2.75. The summed E-state index contributed by atoms with van der Waals surface area (Å²) in [7, 11) is 1.51. The van der Waals surface area contributed by atoms with Crippen LogP contribution in [0.25, 0.3) is 11.0 Å². The minimum absolute atomic E-state index is 0.112. The highest BCUT2D eigenvalue weighted by atomic mass is 16.6. The summed E-state index contributed by atoms with van der Waals surface area (Å²) < 4.78 is 20.9. The highest BCUT2D eigenvalue weighted by Gasteiger charge is 2.17. The van der Waals surface area contributed by atoms with Crippen molar-refractivity contribution in [1.82, 2.24) is 0 Å². The van der Waals surface area contributed by atoms with Crippen LogP contribution in [-0.2, 0) is 19.7 Å². The van der Waals surface area contributed by atoms with Gasteiger partial charge in [0, 0.05) is 17.5 Å². The molecule has 0 saturated carbocycles. The Morgan fingerprint density at radius 3 is 2.48 bits per heavy atom. The number of fused-ring (bicyclic) bond motifs is 1. The van der Waals surface area contributed by atoms with E-state index in [1.54, 1.807) is 25.1 Å². The Balaban J connectivity index is 1.55. The van der Waals surface area contributed by atoms with E-state index in [1.807, 2.05) is 12.1 Å². The zero-order chi connectivity index (χ0) is 24.2. The lowest BCUT2D eigenvalue weighted by molar-refractivity contribution is -0.149. The number of hydrogen-bond donors (Lipinski definition) is 1. The van der Waals surface area contributed by atoms with Crippen molar-refractivity contribution in [2.75, 3.05) is 25.6 Å². The molecule has 0 aliphatic heterocycles. The van der Waals surface area contributed by atoms with Gasteiger partial charge in [-0.3, -0.25) is 4.79 Å². The van der Waals surface area contributed by atoms with Crippen LogP contribution in [0.1, 0.15) is 31.9 Å². The second kappa shape index (κ2) is 9.77. The van der Waals surface area contributed by atoms with Gasteiger partial charge in [0.2, 0.25) is 0 Å². The number of anilines is 1. The molecule has 0 unspecified atom stereocenters. The Hall–Kier alpha value is -3.81. The highest BCUT2D eigenvalue weighted by Crippen LogP contribution is 2.31. The van der Waals surface area contributed by atoms with Crippen LogP contribution in [0, 0.1) is 6.92 Å². The van der Waals surface area contributed by atoms with Crippen molar-refractivity contribution in [2.24, 2.45) is 0 Å². The van der Waals surface area contributed by atoms with Crippen LogP contribution in [0.2, 0.25) is 0 Å². The number of esters is 1. The molecule has 0 aliphatic carbocycles. The third-order valence-corrected chi connectivity index (χ3v) is 4.98. The monoisotopic (exact) mass is 453 g/mol. The number of benzene rings is 2. The van der Waals surface area contributed by atoms with E-state index in [0.29, 0.717) is 22.8 Å². The van der Waals surface area contributed by atoms with E-state index in [-0.39, 0.29) is 5.41 Å². The minimum atomic E-state index is -0.716. The normalized spacial score (nSPS) is 11.2. The molecule has 0 fully saturated rings. The second-order valence-corrected chi connectivity index (χ2v) is 8.57. The zero-order valence-corrected chi connectivity index (χ0v) is 19.3. The van der Waals surface area contributed by atoms with E-state index < -0.39 is 30.7 Å². The summed E-state index contributed by atoms with van der Waals surface area (Å²) in [5, 5.41) is 3.48. The highest BCUT2D eigenvalue weighted by molar-refractivity contribution is 5.94. The van der Waals surface area contributed by atoms with Crippen LogP contribution in [0.15, 0.2) is 51.7 Å². The maximum atomic E-state index is 12.3. The molecule has 1 aromatic heterocycles. The predicted molar refractivity (Wildman–Crippen MR) is 124 cm³/mol. The summed E-state index contributed by atoms with van der Waals surface area (Å²) in [4.78, 5) is 35.9. The molecule has 1 amide bonds. The van der Waals surface area contributed by atoms with E-state index in [9.17, 15) is 14.4 Å². The molecule has 3 rings (SSSR count). The fraction of sp³-hybridized carbons (Fsp3) is 0.320. The number of amides is 1. The molecule has 8 nitrogen and oxygen atoms in total. The molecule has 174 valence electrons. The van der Waals surface area contributed by atoms with Gasteiger partial charge in [-0.2, -0.15) is 0 Å². The molecule has 8 heteroatoms. The van der Waals surface area contributed by atoms with E-state index in [1.165, 1.54) is 19.2 Å². The molecule has 33 heavy (non-hydrogen) atoms. The number of carbonyl (C=O) groups is 2. The molecule has 0 bridgehead atoms. The van der Waals surface area contributed by atoms with Crippen molar-refractivity contribution in [3.8, 4) is 11.5 Å². The maximum Gasteiger partial charge on any atom is 0.344 e. The van der Waals surface area contributed by atoms with Gasteiger partial charge in [0.05, 0.1) is 12.8 Å². The third-order valence-electron chi connectivity index (χ3n) is 4.98. The van der Waals surface area contributed by atoms with Crippen LogP contribution >= 0.6 is 0 Å². The molecule has 1 N–H and O–H groups in total. The van der Waals surface area contributed by atoms with Gasteiger partial charge in [0.15, 0.2) is 13.2 Å². The number of carbonyl (C=O) groups excluding carboxylic acids is 2. The van der Waals surface area contributed by atoms with Gasteiger partial charge in [0.1, 0.15) is 17.1 Å². The van der Waals surface area contributed by atoms with Gasteiger partial charge in [-0.15, -0.1) is 0 Å². The summed E-state index contributed by atoms with van der Waals surface area (Å²) in [6, 6.07) is 11.9. The predicted octanol–water partition coefficient (Wildman–Crippen LogP) is 3.97. The van der Waals surface area contributed by atoms with Crippen molar-refractivity contribution in [1.29, 1.82) is 0 Å². The van der Waals surface area contributed by atoms with E-state index in [4.69, 9.17) is 18.6 Å². The number of nitrogens with one attached hydrogen (secondary N) is 1. The van der Waals surface area contributed by atoms with Crippen molar-refractivity contribution in [2.45, 2.75) is 33.1 Å². The van der Waals surface area contributed by atoms with Crippen LogP contribution in [0.5, 0.6) is 11.5 Å². The van der Waals surface area contributed by atoms with Crippen LogP contribution in [0.4, 0.5) is 5.69 Å². The molecular formula is C25H27NO7. The largest absolute Gasteiger partial charge is 0.495 e. The van der Waals surface area contributed by atoms with E-state index >= 15 is 0 Å². The summed E-state index contributed by atoms with van der Waals surface area (Å²) in [6.07, 6.45) is 0. The molecule has 0 atom stereocenters. The Bertz CT molecular complexity index is 1240. The van der Waals surface area contributed by atoms with Gasteiger partial charge in [0.25, 0.3) is 5.91 Å². The number of rotatable bonds is 7. The summed E-state index contributed by atoms with van der Waals surface area (Å²) in [6.45, 7) is 7.11. The van der Waals surface area contributed by atoms with Crippen LogP contribution in [-0.4, -0.2) is 32.2 Å². The lowest BCUT2D eigenvalue weighted by Gasteiger charge is -2.21. The number of methoxy groups -OCH3 is 1. The molecule has 1 heterocycles. The fourth-order valence-corrected chi connectivity index (χ4v) is 3.18. The lowest BCUT2D eigenvalue weighted by Crippen LogP contribution is -2.24. The van der Waals surface area contributed by atoms with Crippen molar-refractivity contribution >= 4 is 28.5 Å². The molecule has 0 radical (unpaired) electrons. The topological polar surface area (TPSA) is 104 Å². The first-order valence-electron chi connectivity index (χ1n) is 10.4. The first-order chi connectivity index (χ1) is 15.6. The van der Waals surface area contributed by atoms with E-state index in [2.05, 4.69) is 26.1 Å². The van der Waals surface area contributed by atoms with Crippen molar-refractivity contribution < 1.29 is 28.2 Å². The van der Waals surface area contributed by atoms with E-state index in [0.717, 1.165) is 16.5 Å². The molecule has 0 spiro atoms. The summed E-state index contributed by atoms with van der Waals surface area (Å²) in [5.74, 6) is -0.382. The van der Waals surface area contributed by atoms with Crippen molar-refractivity contribution in [3.63, 3.8) is 0 Å². The molecule has 0 aliphatic rings. The second-order valence-electron chi connectivity index (χ2n) is 8.57. The van der Waals surface area contributed by atoms with Gasteiger partial charge < -0.3 is 23.9 Å². The molecule has 0 saturated heterocycles. The SMILES string of the molecule is COc1ccc(C(C)(C)C)cc1NC(=O)COC(=O)COc1ccc2c(C)cc(=O)oc2c1. The van der Waals surface area contributed by atoms with Crippen LogP contribution < -0.4 is 20.4 Å². The Kier molecular flexibility index (Phi) is 7.06. The third kappa shape index (κ3) is 6.12. The summed E-state index contributed by atoms with van der Waals surface area (Å²) >= 11 is 0. The molecule has 2 aromatic carbocycles. The Morgan fingerprint density at radius 2 is 1.79 bits per heavy atom. The minimum Gasteiger partial charge on any atom is -0.495 e. The lowest BCUT2D eigenvalue weighted by atomic mass is 9.87. The van der Waals surface area contributed by atoms with Crippen molar-refractivity contribution in [3.05, 3.63) is 64.0 Å². The number of hydrogen-bond acceptors (Lipinski definition) is 7. The number of ether oxygens (including phenoxy) is 3. The van der Waals surface area contributed by atoms with Gasteiger partial charge in [-0.1, -0.05) is 26.8 Å². The molecular weight excluding hydrogens is 426 g/mol.